The third-order valence-corrected chi connectivity index (χ3v) is 5.43. The summed E-state index contributed by atoms with van der Waals surface area (Å²) in [6.45, 7) is 0.489. The van der Waals surface area contributed by atoms with E-state index in [-0.39, 0.29) is 18.9 Å². The molecule has 1 atom stereocenters. The number of nitrogens with zero attached hydrogens (tertiary/aromatic N) is 1. The average Bonchev–Trinajstić information content (AvgIpc) is 2.66. The van der Waals surface area contributed by atoms with Crippen LogP contribution in [0.2, 0.25) is 0 Å². The predicted molar refractivity (Wildman–Crippen MR) is 105 cm³/mol. The van der Waals surface area contributed by atoms with E-state index in [4.69, 9.17) is 4.74 Å². The minimum absolute atomic E-state index is 0.0804. The van der Waals surface area contributed by atoms with Crippen molar-refractivity contribution in [2.24, 2.45) is 5.92 Å². The van der Waals surface area contributed by atoms with E-state index in [1.807, 2.05) is 30.3 Å². The van der Waals surface area contributed by atoms with Crippen molar-refractivity contribution in [3.8, 4) is 5.75 Å². The van der Waals surface area contributed by atoms with Crippen molar-refractivity contribution in [2.45, 2.75) is 25.6 Å². The van der Waals surface area contributed by atoms with Gasteiger partial charge in [-0.15, -0.1) is 0 Å². The molecule has 0 saturated carbocycles. The Morgan fingerprint density at radius 2 is 1.93 bits per heavy atom. The zero-order valence-electron chi connectivity index (χ0n) is 14.5. The fourth-order valence-corrected chi connectivity index (χ4v) is 3.77. The van der Waals surface area contributed by atoms with E-state index in [0.717, 1.165) is 9.13 Å². The zero-order valence-corrected chi connectivity index (χ0v) is 16.7. The fraction of sp³-hybridized carbons (Fsp3) is 0.350. The molecular formula is C20H19F3INO2. The largest absolute Gasteiger partial charge is 0.488 e. The number of hydrogen-bond donors (Lipinski definition) is 0. The summed E-state index contributed by atoms with van der Waals surface area (Å²) in [4.78, 5) is 13.9. The van der Waals surface area contributed by atoms with Crippen LogP contribution in [0.5, 0.6) is 5.75 Å². The summed E-state index contributed by atoms with van der Waals surface area (Å²) in [5.74, 6) is -1.16. The molecule has 3 nitrogen and oxygen atoms in total. The molecule has 1 heterocycles. The van der Waals surface area contributed by atoms with Crippen LogP contribution in [0.25, 0.3) is 0 Å². The number of alkyl halides is 3. The highest BCUT2D eigenvalue weighted by Crippen LogP contribution is 2.34. The van der Waals surface area contributed by atoms with Crippen LogP contribution in [0, 0.1) is 9.49 Å². The first kappa shape index (κ1) is 20.0. The van der Waals surface area contributed by atoms with E-state index < -0.39 is 12.1 Å². The third-order valence-electron chi connectivity index (χ3n) is 4.59. The summed E-state index contributed by atoms with van der Waals surface area (Å²) < 4.78 is 45.4. The Bertz CT molecular complexity index is 796. The van der Waals surface area contributed by atoms with Gasteiger partial charge in [0.2, 0.25) is 0 Å². The van der Waals surface area contributed by atoms with Gasteiger partial charge in [-0.05, 0) is 59.2 Å². The van der Waals surface area contributed by atoms with Gasteiger partial charge in [0.15, 0.2) is 0 Å². The molecule has 2 aromatic carbocycles. The van der Waals surface area contributed by atoms with Crippen LogP contribution in [0.4, 0.5) is 13.2 Å². The lowest BCUT2D eigenvalue weighted by Gasteiger charge is -2.33. The van der Waals surface area contributed by atoms with Crippen LogP contribution in [0.15, 0.2) is 48.5 Å². The molecule has 0 bridgehead atoms. The lowest BCUT2D eigenvalue weighted by molar-refractivity contribution is -0.184. The highest BCUT2D eigenvalue weighted by Gasteiger charge is 2.42. The van der Waals surface area contributed by atoms with E-state index in [9.17, 15) is 18.0 Å². The van der Waals surface area contributed by atoms with Crippen molar-refractivity contribution in [3.05, 3.63) is 63.2 Å². The van der Waals surface area contributed by atoms with Crippen molar-refractivity contribution < 1.29 is 22.7 Å². The average molecular weight is 489 g/mol. The van der Waals surface area contributed by atoms with Crippen LogP contribution in [-0.4, -0.2) is 30.1 Å². The minimum Gasteiger partial charge on any atom is -0.488 e. The normalized spacial score (nSPS) is 17.6. The van der Waals surface area contributed by atoms with Gasteiger partial charge in [0.05, 0.1) is 9.49 Å². The monoisotopic (exact) mass is 489 g/mol. The molecule has 7 heteroatoms. The topological polar surface area (TPSA) is 29.5 Å². The van der Waals surface area contributed by atoms with Gasteiger partial charge in [-0.2, -0.15) is 13.2 Å². The van der Waals surface area contributed by atoms with Crippen LogP contribution in [0.1, 0.15) is 28.8 Å². The maximum Gasteiger partial charge on any atom is 0.393 e. The second-order valence-corrected chi connectivity index (χ2v) is 7.71. The lowest BCUT2D eigenvalue weighted by atomic mass is 9.97. The number of likely N-dealkylation sites (tertiary alicyclic amines) is 1. The first-order valence-corrected chi connectivity index (χ1v) is 9.75. The second kappa shape index (κ2) is 8.50. The Morgan fingerprint density at radius 1 is 1.19 bits per heavy atom. The van der Waals surface area contributed by atoms with Gasteiger partial charge >= 0.3 is 6.18 Å². The molecule has 2 aromatic rings. The number of piperidine rings is 1. The Hall–Kier alpha value is -1.77. The molecule has 144 valence electrons. The van der Waals surface area contributed by atoms with E-state index in [2.05, 4.69) is 22.6 Å². The van der Waals surface area contributed by atoms with Crippen LogP contribution in [0.3, 0.4) is 0 Å². The molecule has 1 aliphatic rings. The van der Waals surface area contributed by atoms with Gasteiger partial charge in [0.25, 0.3) is 5.91 Å². The summed E-state index contributed by atoms with van der Waals surface area (Å²) in [6, 6.07) is 14.7. The molecule has 1 amide bonds. The molecule has 1 aliphatic heterocycles. The van der Waals surface area contributed by atoms with Gasteiger partial charge in [0, 0.05) is 18.7 Å². The summed E-state index contributed by atoms with van der Waals surface area (Å²) in [7, 11) is 0. The van der Waals surface area contributed by atoms with E-state index in [1.54, 1.807) is 18.2 Å². The maximum atomic E-state index is 13.0. The van der Waals surface area contributed by atoms with Gasteiger partial charge in [0.1, 0.15) is 12.4 Å². The number of carbonyl (C=O) groups is 1. The molecule has 1 saturated heterocycles. The van der Waals surface area contributed by atoms with Gasteiger partial charge < -0.3 is 9.64 Å². The first-order chi connectivity index (χ1) is 12.8. The smallest absolute Gasteiger partial charge is 0.393 e. The second-order valence-electron chi connectivity index (χ2n) is 6.55. The SMILES string of the molecule is O=C(c1ccc(OCc2ccccc2)c(I)c1)N1CCCC(C(F)(F)F)C1. The number of rotatable bonds is 4. The molecule has 0 aromatic heterocycles. The van der Waals surface area contributed by atoms with Crippen molar-refractivity contribution in [3.63, 3.8) is 0 Å². The molecule has 3 rings (SSSR count). The summed E-state index contributed by atoms with van der Waals surface area (Å²) in [6.07, 6.45) is -3.81. The highest BCUT2D eigenvalue weighted by molar-refractivity contribution is 14.1. The van der Waals surface area contributed by atoms with E-state index in [1.165, 1.54) is 4.90 Å². The fourth-order valence-electron chi connectivity index (χ4n) is 3.10. The van der Waals surface area contributed by atoms with Crippen molar-refractivity contribution >= 4 is 28.5 Å². The van der Waals surface area contributed by atoms with Gasteiger partial charge in [-0.25, -0.2) is 0 Å². The molecule has 27 heavy (non-hydrogen) atoms. The van der Waals surface area contributed by atoms with Crippen molar-refractivity contribution in [2.75, 3.05) is 13.1 Å². The van der Waals surface area contributed by atoms with Crippen LogP contribution < -0.4 is 4.74 Å². The molecular weight excluding hydrogens is 470 g/mol. The summed E-state index contributed by atoms with van der Waals surface area (Å²) in [5.41, 5.74) is 1.41. The quantitative estimate of drug-likeness (QED) is 0.547. The molecule has 0 spiro atoms. The first-order valence-electron chi connectivity index (χ1n) is 8.67. The van der Waals surface area contributed by atoms with Crippen LogP contribution >= 0.6 is 22.6 Å². The Labute approximate surface area is 169 Å². The van der Waals surface area contributed by atoms with Crippen LogP contribution in [-0.2, 0) is 6.61 Å². The number of ether oxygens (including phenoxy) is 1. The number of hydrogen-bond acceptors (Lipinski definition) is 2. The van der Waals surface area contributed by atoms with E-state index in [0.29, 0.717) is 30.9 Å². The Morgan fingerprint density at radius 3 is 2.59 bits per heavy atom. The molecule has 1 unspecified atom stereocenters. The number of carbonyl (C=O) groups excluding carboxylic acids is 1. The Kier molecular flexibility index (Phi) is 6.29. The van der Waals surface area contributed by atoms with E-state index >= 15 is 0 Å². The molecule has 0 N–H and O–H groups in total. The third kappa shape index (κ3) is 5.15. The van der Waals surface area contributed by atoms with Crippen molar-refractivity contribution in [1.29, 1.82) is 0 Å². The summed E-state index contributed by atoms with van der Waals surface area (Å²) in [5, 5.41) is 0. The predicted octanol–water partition coefficient (Wildman–Crippen LogP) is 5.28. The Balaban J connectivity index is 1.66. The standard InChI is InChI=1S/C20H19F3INO2/c21-20(22,23)16-7-4-10-25(12-16)19(26)15-8-9-18(17(24)11-15)27-13-14-5-2-1-3-6-14/h1-3,5-6,8-9,11,16H,4,7,10,12-13H2. The zero-order chi connectivity index (χ0) is 19.4. The lowest BCUT2D eigenvalue weighted by Crippen LogP contribution is -2.44. The van der Waals surface area contributed by atoms with Gasteiger partial charge in [-0.1, -0.05) is 30.3 Å². The van der Waals surface area contributed by atoms with Crippen molar-refractivity contribution in [1.82, 2.24) is 4.90 Å². The molecule has 0 radical (unpaired) electrons. The van der Waals surface area contributed by atoms with Gasteiger partial charge in [-0.3, -0.25) is 4.79 Å². The molecule has 0 aliphatic carbocycles. The maximum absolute atomic E-state index is 13.0. The number of halogens is 4. The minimum atomic E-state index is -4.26. The summed E-state index contributed by atoms with van der Waals surface area (Å²) >= 11 is 2.07. The molecule has 1 fully saturated rings. The number of benzene rings is 2. The number of amides is 1. The highest BCUT2D eigenvalue weighted by atomic mass is 127.